The maximum atomic E-state index is 12.0. The van der Waals surface area contributed by atoms with Gasteiger partial charge in [-0.15, -0.1) is 5.75 Å². The standard InChI is InChI=1S/C14H14N2O4.C3H9N.CH4/c1-8-6-9(4-5-11(8)17)7-10-12(18)15(2)14(20)16(3)13(10)19;1-4(2)3;/h4-7,17H,1-3H3;1-3H3;1H4/p-1. The number of urea groups is 1. The molecule has 0 atom stereocenters. The molecule has 0 unspecified atom stereocenters. The number of barbiturate groups is 1. The van der Waals surface area contributed by atoms with E-state index in [4.69, 9.17) is 0 Å². The van der Waals surface area contributed by atoms with E-state index >= 15 is 0 Å². The van der Waals surface area contributed by atoms with Crippen molar-refractivity contribution in [1.29, 1.82) is 0 Å². The van der Waals surface area contributed by atoms with Gasteiger partial charge in [0.25, 0.3) is 11.8 Å². The smallest absolute Gasteiger partial charge is 0.333 e. The highest BCUT2D eigenvalue weighted by atomic mass is 16.3. The largest absolute Gasteiger partial charge is 0.872 e. The van der Waals surface area contributed by atoms with Crippen LogP contribution in [0.1, 0.15) is 18.6 Å². The second-order valence-corrected chi connectivity index (χ2v) is 5.94. The van der Waals surface area contributed by atoms with Gasteiger partial charge in [0.2, 0.25) is 0 Å². The van der Waals surface area contributed by atoms with Crippen molar-refractivity contribution >= 4 is 23.9 Å². The molecule has 0 aromatic heterocycles. The second-order valence-electron chi connectivity index (χ2n) is 5.94. The number of nitrogens with zero attached hydrogens (tertiary/aromatic N) is 3. The molecule has 7 nitrogen and oxygen atoms in total. The van der Waals surface area contributed by atoms with Gasteiger partial charge in [0.05, 0.1) is 0 Å². The predicted molar refractivity (Wildman–Crippen MR) is 95.9 cm³/mol. The van der Waals surface area contributed by atoms with Gasteiger partial charge in [-0.25, -0.2) is 4.79 Å². The molecule has 1 saturated heterocycles. The van der Waals surface area contributed by atoms with E-state index in [2.05, 4.69) is 0 Å². The zero-order valence-corrected chi connectivity index (χ0v) is 14.8. The van der Waals surface area contributed by atoms with E-state index in [1.165, 1.54) is 32.3 Å². The third-order valence-electron chi connectivity index (χ3n) is 3.15. The average Bonchev–Trinajstić information content (AvgIpc) is 2.50. The van der Waals surface area contributed by atoms with E-state index in [1.54, 1.807) is 13.0 Å². The Hall–Kier alpha value is -2.67. The third kappa shape index (κ3) is 5.42. The van der Waals surface area contributed by atoms with Crippen LogP contribution in [-0.2, 0) is 9.59 Å². The summed E-state index contributed by atoms with van der Waals surface area (Å²) in [5.41, 5.74) is 0.982. The van der Waals surface area contributed by atoms with Gasteiger partial charge in [0.15, 0.2) is 0 Å². The Bertz CT molecular complexity index is 667. The van der Waals surface area contributed by atoms with Crippen LogP contribution in [0.15, 0.2) is 23.8 Å². The van der Waals surface area contributed by atoms with E-state index in [0.29, 0.717) is 11.1 Å². The van der Waals surface area contributed by atoms with Crippen LogP contribution in [0.4, 0.5) is 4.79 Å². The molecule has 0 bridgehead atoms. The lowest BCUT2D eigenvalue weighted by atomic mass is 10.0. The molecule has 2 rings (SSSR count). The van der Waals surface area contributed by atoms with Crippen molar-refractivity contribution < 1.29 is 19.5 Å². The molecule has 1 heterocycles. The normalized spacial score (nSPS) is 14.2. The molecule has 1 aromatic rings. The molecular formula is C18H26N3O4-. The number of hydrogen-bond acceptors (Lipinski definition) is 5. The minimum absolute atomic E-state index is 0. The van der Waals surface area contributed by atoms with Crippen LogP contribution in [0.5, 0.6) is 5.75 Å². The van der Waals surface area contributed by atoms with Gasteiger partial charge < -0.3 is 10.0 Å². The molecule has 1 aliphatic heterocycles. The van der Waals surface area contributed by atoms with Gasteiger partial charge in [-0.1, -0.05) is 31.2 Å². The summed E-state index contributed by atoms with van der Waals surface area (Å²) in [5, 5.41) is 11.3. The van der Waals surface area contributed by atoms with Crippen LogP contribution in [0, 0.1) is 6.92 Å². The Kier molecular flexibility index (Phi) is 8.02. The lowest BCUT2D eigenvalue weighted by Crippen LogP contribution is -2.52. The predicted octanol–water partition coefficient (Wildman–Crippen LogP) is 1.32. The zero-order valence-electron chi connectivity index (χ0n) is 14.8. The zero-order chi connectivity index (χ0) is 18.6. The number of imide groups is 2. The van der Waals surface area contributed by atoms with E-state index < -0.39 is 17.8 Å². The molecule has 138 valence electrons. The van der Waals surface area contributed by atoms with Crippen molar-refractivity contribution in [2.24, 2.45) is 0 Å². The number of amides is 4. The van der Waals surface area contributed by atoms with Crippen LogP contribution in [0.2, 0.25) is 0 Å². The minimum atomic E-state index is -0.664. The number of carbonyl (C=O) groups excluding carboxylic acids is 3. The first kappa shape index (κ1) is 22.3. The number of likely N-dealkylation sites (N-methyl/N-ethyl adjacent to an activating group) is 2. The molecule has 0 N–H and O–H groups in total. The summed E-state index contributed by atoms with van der Waals surface area (Å²) < 4.78 is 0. The van der Waals surface area contributed by atoms with Crippen LogP contribution in [-0.4, -0.2) is 67.8 Å². The number of aryl methyl sites for hydroxylation is 1. The van der Waals surface area contributed by atoms with Gasteiger partial charge in [0, 0.05) is 14.1 Å². The Balaban J connectivity index is 0.00000104. The molecule has 0 saturated carbocycles. The topological polar surface area (TPSA) is 84.0 Å². The first-order valence-corrected chi connectivity index (χ1v) is 7.26. The van der Waals surface area contributed by atoms with E-state index in [-0.39, 0.29) is 18.7 Å². The van der Waals surface area contributed by atoms with Crippen LogP contribution in [0.25, 0.3) is 6.08 Å². The average molecular weight is 348 g/mol. The molecule has 0 radical (unpaired) electrons. The van der Waals surface area contributed by atoms with Gasteiger partial charge in [-0.2, -0.15) is 0 Å². The lowest BCUT2D eigenvalue weighted by Gasteiger charge is -2.28. The van der Waals surface area contributed by atoms with E-state index in [1.807, 2.05) is 26.0 Å². The Morgan fingerprint density at radius 1 is 1.00 bits per heavy atom. The van der Waals surface area contributed by atoms with E-state index in [9.17, 15) is 19.5 Å². The summed E-state index contributed by atoms with van der Waals surface area (Å²) in [6.45, 7) is 1.65. The van der Waals surface area contributed by atoms with Crippen molar-refractivity contribution in [2.75, 3.05) is 35.2 Å². The van der Waals surface area contributed by atoms with E-state index in [0.717, 1.165) is 9.80 Å². The van der Waals surface area contributed by atoms with Crippen molar-refractivity contribution in [3.8, 4) is 5.75 Å². The van der Waals surface area contributed by atoms with Gasteiger partial charge >= 0.3 is 6.03 Å². The highest BCUT2D eigenvalue weighted by molar-refractivity contribution is 6.30. The fourth-order valence-corrected chi connectivity index (χ4v) is 1.90. The first-order valence-electron chi connectivity index (χ1n) is 7.26. The first-order chi connectivity index (χ1) is 11.1. The minimum Gasteiger partial charge on any atom is -0.872 e. The number of rotatable bonds is 1. The summed E-state index contributed by atoms with van der Waals surface area (Å²) in [6, 6.07) is 3.83. The molecule has 1 fully saturated rings. The SMILES string of the molecule is C.CN(C)C.Cc1cc(C=C2C(=O)N(C)C(=O)N(C)C2=O)ccc1[O-]. The summed E-state index contributed by atoms with van der Waals surface area (Å²) in [6.07, 6.45) is 1.39. The van der Waals surface area contributed by atoms with Crippen molar-refractivity contribution in [3.05, 3.63) is 34.9 Å². The molecule has 1 aliphatic rings. The summed E-state index contributed by atoms with van der Waals surface area (Å²) in [4.78, 5) is 39.3. The molecular weight excluding hydrogens is 322 g/mol. The lowest BCUT2D eigenvalue weighted by molar-refractivity contribution is -0.269. The van der Waals surface area contributed by atoms with Gasteiger partial charge in [-0.05, 0) is 39.7 Å². The van der Waals surface area contributed by atoms with Crippen molar-refractivity contribution in [1.82, 2.24) is 14.7 Å². The highest BCUT2D eigenvalue weighted by Crippen LogP contribution is 2.20. The Morgan fingerprint density at radius 3 is 1.84 bits per heavy atom. The summed E-state index contributed by atoms with van der Waals surface area (Å²) in [5.74, 6) is -1.42. The maximum Gasteiger partial charge on any atom is 0.333 e. The summed E-state index contributed by atoms with van der Waals surface area (Å²) >= 11 is 0. The molecule has 0 aliphatic carbocycles. The quantitative estimate of drug-likeness (QED) is 0.564. The van der Waals surface area contributed by atoms with Gasteiger partial charge in [0.1, 0.15) is 5.57 Å². The van der Waals surface area contributed by atoms with Gasteiger partial charge in [-0.3, -0.25) is 19.4 Å². The van der Waals surface area contributed by atoms with Crippen molar-refractivity contribution in [3.63, 3.8) is 0 Å². The molecule has 1 aromatic carbocycles. The molecule has 4 amide bonds. The van der Waals surface area contributed by atoms with Crippen molar-refractivity contribution in [2.45, 2.75) is 14.4 Å². The third-order valence-corrected chi connectivity index (χ3v) is 3.15. The Labute approximate surface area is 149 Å². The monoisotopic (exact) mass is 348 g/mol. The fraction of sp³-hybridized carbons (Fsp3) is 0.389. The summed E-state index contributed by atoms with van der Waals surface area (Å²) in [7, 11) is 8.63. The Morgan fingerprint density at radius 2 is 1.44 bits per heavy atom. The number of hydrogen-bond donors (Lipinski definition) is 0. The molecule has 0 spiro atoms. The second kappa shape index (κ2) is 8.98. The fourth-order valence-electron chi connectivity index (χ4n) is 1.90. The van der Waals surface area contributed by atoms with Crippen LogP contribution in [0.3, 0.4) is 0 Å². The highest BCUT2D eigenvalue weighted by Gasteiger charge is 2.37. The molecule has 25 heavy (non-hydrogen) atoms. The number of benzene rings is 1. The van der Waals surface area contributed by atoms with Crippen LogP contribution >= 0.6 is 0 Å². The molecule has 7 heteroatoms. The maximum absolute atomic E-state index is 12.0. The van der Waals surface area contributed by atoms with Crippen LogP contribution < -0.4 is 5.11 Å². The number of carbonyl (C=O) groups is 3.